The fraction of sp³-hybridized carbons (Fsp3) is 0.917. The normalized spacial score (nSPS) is 25.8. The van der Waals surface area contributed by atoms with Gasteiger partial charge in [-0.05, 0) is 27.2 Å². The first-order valence-corrected chi connectivity index (χ1v) is 6.50. The smallest absolute Gasteiger partial charge is 0.422 e. The summed E-state index contributed by atoms with van der Waals surface area (Å²) < 4.78 is 10.5. The molecule has 1 atom stereocenters. The standard InChI is InChI=1S/C12H23N3O3/c1-12(2,3)18-11(16)14-13-9-6-15(7-9)10-4-5-17-8-10/h9-10,13H,4-8H2,1-3H3,(H,14,16). The van der Waals surface area contributed by atoms with Crippen LogP contribution in [0.2, 0.25) is 0 Å². The predicted octanol–water partition coefficient (Wildman–Crippen LogP) is 0.489. The maximum Gasteiger partial charge on any atom is 0.422 e. The summed E-state index contributed by atoms with van der Waals surface area (Å²) in [5, 5.41) is 0. The quantitative estimate of drug-likeness (QED) is 0.720. The van der Waals surface area contributed by atoms with Gasteiger partial charge in [0.05, 0.1) is 12.6 Å². The van der Waals surface area contributed by atoms with E-state index >= 15 is 0 Å². The van der Waals surface area contributed by atoms with Gasteiger partial charge in [-0.3, -0.25) is 10.3 Å². The lowest BCUT2D eigenvalue weighted by Gasteiger charge is -2.42. The van der Waals surface area contributed by atoms with Crippen LogP contribution in [0.25, 0.3) is 0 Å². The summed E-state index contributed by atoms with van der Waals surface area (Å²) in [6.45, 7) is 9.14. The molecule has 0 aromatic heterocycles. The molecule has 18 heavy (non-hydrogen) atoms. The van der Waals surface area contributed by atoms with E-state index in [0.717, 1.165) is 32.7 Å². The van der Waals surface area contributed by atoms with Gasteiger partial charge in [-0.15, -0.1) is 0 Å². The first-order valence-electron chi connectivity index (χ1n) is 6.50. The van der Waals surface area contributed by atoms with E-state index in [-0.39, 0.29) is 0 Å². The highest BCUT2D eigenvalue weighted by atomic mass is 16.6. The minimum Gasteiger partial charge on any atom is -0.443 e. The van der Waals surface area contributed by atoms with Gasteiger partial charge in [-0.2, -0.15) is 0 Å². The molecule has 1 amide bonds. The van der Waals surface area contributed by atoms with Gasteiger partial charge < -0.3 is 9.47 Å². The molecule has 0 radical (unpaired) electrons. The van der Waals surface area contributed by atoms with Crippen molar-refractivity contribution in [2.24, 2.45) is 0 Å². The molecule has 2 N–H and O–H groups in total. The molecule has 0 bridgehead atoms. The van der Waals surface area contributed by atoms with Crippen molar-refractivity contribution in [2.75, 3.05) is 26.3 Å². The molecule has 2 saturated heterocycles. The number of hydrogen-bond acceptors (Lipinski definition) is 5. The van der Waals surface area contributed by atoms with Crippen LogP contribution in [0.3, 0.4) is 0 Å². The Morgan fingerprint density at radius 3 is 2.67 bits per heavy atom. The number of carbonyl (C=O) groups excluding carboxylic acids is 1. The third-order valence-corrected chi connectivity index (χ3v) is 3.11. The van der Waals surface area contributed by atoms with E-state index < -0.39 is 11.7 Å². The summed E-state index contributed by atoms with van der Waals surface area (Å²) in [6, 6.07) is 0.864. The Morgan fingerprint density at radius 2 is 2.11 bits per heavy atom. The summed E-state index contributed by atoms with van der Waals surface area (Å²) in [4.78, 5) is 13.8. The fourth-order valence-electron chi connectivity index (χ4n) is 2.18. The molecule has 2 aliphatic rings. The van der Waals surface area contributed by atoms with Crippen molar-refractivity contribution >= 4 is 6.09 Å². The molecule has 6 heteroatoms. The predicted molar refractivity (Wildman–Crippen MR) is 67.1 cm³/mol. The number of likely N-dealkylation sites (tertiary alicyclic amines) is 1. The zero-order valence-corrected chi connectivity index (χ0v) is 11.4. The summed E-state index contributed by atoms with van der Waals surface area (Å²) in [5.74, 6) is 0. The van der Waals surface area contributed by atoms with Crippen LogP contribution in [0.4, 0.5) is 4.79 Å². The number of nitrogens with one attached hydrogen (secondary N) is 2. The molecule has 2 heterocycles. The van der Waals surface area contributed by atoms with E-state index in [2.05, 4.69) is 15.8 Å². The zero-order chi connectivity index (χ0) is 13.2. The van der Waals surface area contributed by atoms with Crippen LogP contribution in [-0.2, 0) is 9.47 Å². The summed E-state index contributed by atoms with van der Waals surface area (Å²) in [7, 11) is 0. The first kappa shape index (κ1) is 13.6. The number of amides is 1. The number of rotatable bonds is 3. The molecule has 1 unspecified atom stereocenters. The minimum absolute atomic E-state index is 0.304. The molecule has 0 spiro atoms. The number of carbonyl (C=O) groups is 1. The SMILES string of the molecule is CC(C)(C)OC(=O)NNC1CN(C2CCOC2)C1. The molecular formula is C12H23N3O3. The van der Waals surface area contributed by atoms with Gasteiger partial charge in [0.25, 0.3) is 0 Å². The van der Waals surface area contributed by atoms with E-state index in [9.17, 15) is 4.79 Å². The van der Waals surface area contributed by atoms with Crippen molar-refractivity contribution in [3.05, 3.63) is 0 Å². The highest BCUT2D eigenvalue weighted by molar-refractivity contribution is 5.67. The van der Waals surface area contributed by atoms with Gasteiger partial charge in [-0.1, -0.05) is 0 Å². The number of hydrogen-bond donors (Lipinski definition) is 2. The Hall–Kier alpha value is -0.850. The van der Waals surface area contributed by atoms with Crippen LogP contribution < -0.4 is 10.9 Å². The van der Waals surface area contributed by atoms with Gasteiger partial charge in [0, 0.05) is 25.7 Å². The van der Waals surface area contributed by atoms with Gasteiger partial charge in [0.15, 0.2) is 0 Å². The molecule has 104 valence electrons. The monoisotopic (exact) mass is 257 g/mol. The summed E-state index contributed by atoms with van der Waals surface area (Å²) in [6.07, 6.45) is 0.691. The molecule has 0 aromatic rings. The fourth-order valence-corrected chi connectivity index (χ4v) is 2.18. The molecule has 6 nitrogen and oxygen atoms in total. The molecule has 2 aliphatic heterocycles. The van der Waals surface area contributed by atoms with Gasteiger partial charge >= 0.3 is 6.09 Å². The van der Waals surface area contributed by atoms with Gasteiger partial charge in [-0.25, -0.2) is 10.2 Å². The highest BCUT2D eigenvalue weighted by Crippen LogP contribution is 2.18. The Kier molecular flexibility index (Phi) is 4.09. The van der Waals surface area contributed by atoms with E-state index in [1.165, 1.54) is 0 Å². The van der Waals surface area contributed by atoms with Crippen LogP contribution >= 0.6 is 0 Å². The van der Waals surface area contributed by atoms with E-state index in [1.807, 2.05) is 20.8 Å². The van der Waals surface area contributed by atoms with Crippen LogP contribution in [0.1, 0.15) is 27.2 Å². The lowest BCUT2D eigenvalue weighted by Crippen LogP contribution is -2.64. The first-order chi connectivity index (χ1) is 8.44. The van der Waals surface area contributed by atoms with Crippen molar-refractivity contribution < 1.29 is 14.3 Å². The van der Waals surface area contributed by atoms with Crippen molar-refractivity contribution in [1.29, 1.82) is 0 Å². The number of ether oxygens (including phenoxy) is 2. The Labute approximate surface area is 108 Å². The second kappa shape index (κ2) is 5.42. The van der Waals surface area contributed by atoms with E-state index in [0.29, 0.717) is 12.1 Å². The average Bonchev–Trinajstić information content (AvgIpc) is 2.65. The number of hydrazine groups is 1. The van der Waals surface area contributed by atoms with E-state index in [1.54, 1.807) is 0 Å². The topological polar surface area (TPSA) is 62.8 Å². The van der Waals surface area contributed by atoms with Gasteiger partial charge in [0.1, 0.15) is 5.60 Å². The minimum atomic E-state index is -0.460. The van der Waals surface area contributed by atoms with Crippen molar-refractivity contribution in [1.82, 2.24) is 15.8 Å². The van der Waals surface area contributed by atoms with Crippen LogP contribution in [0, 0.1) is 0 Å². The summed E-state index contributed by atoms with van der Waals surface area (Å²) in [5.41, 5.74) is 5.11. The molecule has 0 aliphatic carbocycles. The third-order valence-electron chi connectivity index (χ3n) is 3.11. The second-order valence-electron chi connectivity index (χ2n) is 5.94. The molecular weight excluding hydrogens is 234 g/mol. The molecule has 2 rings (SSSR count). The number of nitrogens with zero attached hydrogens (tertiary/aromatic N) is 1. The molecule has 0 aromatic carbocycles. The van der Waals surface area contributed by atoms with Crippen molar-refractivity contribution in [3.8, 4) is 0 Å². The maximum atomic E-state index is 11.4. The van der Waals surface area contributed by atoms with Crippen molar-refractivity contribution in [3.63, 3.8) is 0 Å². The van der Waals surface area contributed by atoms with Crippen LogP contribution in [0.5, 0.6) is 0 Å². The van der Waals surface area contributed by atoms with Crippen LogP contribution in [0.15, 0.2) is 0 Å². The largest absolute Gasteiger partial charge is 0.443 e. The molecule has 2 fully saturated rings. The lowest BCUT2D eigenvalue weighted by atomic mass is 10.1. The Balaban J connectivity index is 1.58. The zero-order valence-electron chi connectivity index (χ0n) is 11.4. The van der Waals surface area contributed by atoms with E-state index in [4.69, 9.17) is 9.47 Å². The van der Waals surface area contributed by atoms with Crippen molar-refractivity contribution in [2.45, 2.75) is 44.9 Å². The highest BCUT2D eigenvalue weighted by Gasteiger charge is 2.34. The Morgan fingerprint density at radius 1 is 1.39 bits per heavy atom. The third kappa shape index (κ3) is 3.83. The lowest BCUT2D eigenvalue weighted by molar-refractivity contribution is 0.0350. The second-order valence-corrected chi connectivity index (χ2v) is 5.94. The maximum absolute atomic E-state index is 11.4. The van der Waals surface area contributed by atoms with Crippen LogP contribution in [-0.4, -0.2) is 55.0 Å². The summed E-state index contributed by atoms with van der Waals surface area (Å²) >= 11 is 0. The average molecular weight is 257 g/mol. The van der Waals surface area contributed by atoms with Gasteiger partial charge in [0.2, 0.25) is 0 Å². The molecule has 0 saturated carbocycles. The Bertz CT molecular complexity index is 291.